The Morgan fingerprint density at radius 1 is 1.11 bits per heavy atom. The Morgan fingerprint density at radius 2 is 1.89 bits per heavy atom. The minimum Gasteiger partial charge on any atom is -0.377 e. The van der Waals surface area contributed by atoms with Crippen LogP contribution in [0.1, 0.15) is 0 Å². The van der Waals surface area contributed by atoms with E-state index in [4.69, 9.17) is 4.74 Å². The first-order valence-electron chi connectivity index (χ1n) is 3.64. The molecule has 0 aliphatic heterocycles. The van der Waals surface area contributed by atoms with Crippen molar-refractivity contribution in [1.82, 2.24) is 0 Å². The maximum absolute atomic E-state index is 5.28. The topological polar surface area (TPSA) is 9.23 Å². The number of rotatable bonds is 1. The summed E-state index contributed by atoms with van der Waals surface area (Å²) in [4.78, 5) is 0. The Hall–Kier alpha value is -0.300. The third-order valence-electron chi connectivity index (χ3n) is 3.11. The van der Waals surface area contributed by atoms with Crippen molar-refractivity contribution < 1.29 is 4.74 Å². The van der Waals surface area contributed by atoms with Gasteiger partial charge in [-0.15, -0.1) is 0 Å². The summed E-state index contributed by atoms with van der Waals surface area (Å²) in [5, 5.41) is 0. The average Bonchev–Trinajstić information content (AvgIpc) is 2.75. The standard InChI is InChI=1S/C8H10O/c1-9-5-3-2-4-6-7(4)8(5)6/h2-8H,1H3/t4?,5-,6+,7?,8?/m0/s1. The van der Waals surface area contributed by atoms with E-state index in [1.165, 1.54) is 0 Å². The molecule has 2 saturated carbocycles. The molecular weight excluding hydrogens is 112 g/mol. The van der Waals surface area contributed by atoms with Crippen LogP contribution in [0.2, 0.25) is 0 Å². The minimum absolute atomic E-state index is 0.477. The Morgan fingerprint density at radius 3 is 2.33 bits per heavy atom. The molecule has 0 radical (unpaired) electrons. The summed E-state index contributed by atoms with van der Waals surface area (Å²) in [5.41, 5.74) is 0. The van der Waals surface area contributed by atoms with Crippen LogP contribution in [0, 0.1) is 23.7 Å². The maximum atomic E-state index is 5.28. The first-order valence-corrected chi connectivity index (χ1v) is 3.64. The molecule has 48 valence electrons. The van der Waals surface area contributed by atoms with Crippen molar-refractivity contribution in [1.29, 1.82) is 0 Å². The number of methoxy groups -OCH3 is 1. The number of allylic oxidation sites excluding steroid dienone is 1. The highest BCUT2D eigenvalue weighted by Gasteiger charge is 2.75. The molecule has 2 bridgehead atoms. The van der Waals surface area contributed by atoms with Crippen LogP contribution in [0.5, 0.6) is 0 Å². The van der Waals surface area contributed by atoms with Gasteiger partial charge in [0.15, 0.2) is 0 Å². The number of fused-ring (bicyclic) bond motifs is 1. The summed E-state index contributed by atoms with van der Waals surface area (Å²) in [6, 6.07) is 0. The van der Waals surface area contributed by atoms with E-state index >= 15 is 0 Å². The molecule has 9 heavy (non-hydrogen) atoms. The zero-order valence-corrected chi connectivity index (χ0v) is 5.45. The smallest absolute Gasteiger partial charge is 0.0786 e. The van der Waals surface area contributed by atoms with Gasteiger partial charge >= 0.3 is 0 Å². The molecule has 0 aromatic heterocycles. The lowest BCUT2D eigenvalue weighted by Gasteiger charge is -2.21. The van der Waals surface area contributed by atoms with Crippen LogP contribution >= 0.6 is 0 Å². The van der Waals surface area contributed by atoms with Gasteiger partial charge in [-0.3, -0.25) is 0 Å². The summed E-state index contributed by atoms with van der Waals surface area (Å²) in [7, 11) is 1.81. The second kappa shape index (κ2) is 1.10. The van der Waals surface area contributed by atoms with Crippen molar-refractivity contribution in [3.63, 3.8) is 0 Å². The average molecular weight is 122 g/mol. The molecule has 5 atom stereocenters. The lowest BCUT2D eigenvalue weighted by atomic mass is 9.93. The van der Waals surface area contributed by atoms with Crippen LogP contribution in [0.15, 0.2) is 12.2 Å². The zero-order chi connectivity index (χ0) is 6.01. The van der Waals surface area contributed by atoms with Gasteiger partial charge in [0.1, 0.15) is 0 Å². The van der Waals surface area contributed by atoms with E-state index in [2.05, 4.69) is 12.2 Å². The van der Waals surface area contributed by atoms with E-state index in [9.17, 15) is 0 Å². The first kappa shape index (κ1) is 4.51. The maximum Gasteiger partial charge on any atom is 0.0786 e. The number of hydrogen-bond donors (Lipinski definition) is 0. The van der Waals surface area contributed by atoms with Crippen LogP contribution in [-0.4, -0.2) is 13.2 Å². The van der Waals surface area contributed by atoms with Gasteiger partial charge in [-0.2, -0.15) is 0 Å². The monoisotopic (exact) mass is 122 g/mol. The number of ether oxygens (including phenoxy) is 1. The van der Waals surface area contributed by atoms with Crippen LogP contribution in [0.4, 0.5) is 0 Å². The summed E-state index contributed by atoms with van der Waals surface area (Å²) in [6.45, 7) is 0. The minimum atomic E-state index is 0.477. The van der Waals surface area contributed by atoms with Crippen molar-refractivity contribution in [2.75, 3.05) is 7.11 Å². The van der Waals surface area contributed by atoms with Crippen molar-refractivity contribution in [2.24, 2.45) is 23.7 Å². The van der Waals surface area contributed by atoms with Crippen LogP contribution in [0.3, 0.4) is 0 Å². The van der Waals surface area contributed by atoms with Crippen molar-refractivity contribution in [3.05, 3.63) is 12.2 Å². The molecule has 3 unspecified atom stereocenters. The fraction of sp³-hybridized carbons (Fsp3) is 0.750. The molecule has 1 nitrogen and oxygen atoms in total. The predicted octanol–water partition coefficient (Wildman–Crippen LogP) is 1.06. The second-order valence-electron chi connectivity index (χ2n) is 3.39. The molecular formula is C8H10O. The van der Waals surface area contributed by atoms with Crippen LogP contribution < -0.4 is 0 Å². The highest BCUT2D eigenvalue weighted by Crippen LogP contribution is 2.77. The van der Waals surface area contributed by atoms with E-state index in [0.29, 0.717) is 6.10 Å². The van der Waals surface area contributed by atoms with E-state index in [0.717, 1.165) is 23.7 Å². The van der Waals surface area contributed by atoms with Gasteiger partial charge in [0, 0.05) is 7.11 Å². The fourth-order valence-corrected chi connectivity index (χ4v) is 2.43. The van der Waals surface area contributed by atoms with Crippen LogP contribution in [-0.2, 0) is 4.74 Å². The molecule has 4 aliphatic carbocycles. The summed E-state index contributed by atoms with van der Waals surface area (Å²) in [6.07, 6.45) is 5.05. The van der Waals surface area contributed by atoms with E-state index in [1.54, 1.807) is 0 Å². The lowest BCUT2D eigenvalue weighted by Crippen LogP contribution is -2.21. The quantitative estimate of drug-likeness (QED) is 0.472. The van der Waals surface area contributed by atoms with Gasteiger partial charge < -0.3 is 4.74 Å². The molecule has 1 heteroatoms. The SMILES string of the molecule is CO[C@H]1C=CC2C3C1[C@H]23. The molecule has 0 aromatic carbocycles. The normalized spacial score (nSPS) is 65.2. The Labute approximate surface area is 54.7 Å². The van der Waals surface area contributed by atoms with E-state index in [1.807, 2.05) is 7.11 Å². The van der Waals surface area contributed by atoms with Crippen LogP contribution in [0.25, 0.3) is 0 Å². The summed E-state index contributed by atoms with van der Waals surface area (Å²) >= 11 is 0. The zero-order valence-electron chi connectivity index (χ0n) is 5.45. The third-order valence-corrected chi connectivity index (χ3v) is 3.11. The first-order chi connectivity index (χ1) is 4.43. The molecule has 4 rings (SSSR count). The molecule has 0 N–H and O–H groups in total. The van der Waals surface area contributed by atoms with Gasteiger partial charge in [0.25, 0.3) is 0 Å². The van der Waals surface area contributed by atoms with Gasteiger partial charge in [-0.25, -0.2) is 0 Å². The fourth-order valence-electron chi connectivity index (χ4n) is 2.43. The molecule has 0 amide bonds. The Kier molecular flexibility index (Phi) is 0.552. The summed E-state index contributed by atoms with van der Waals surface area (Å²) < 4.78 is 5.28. The van der Waals surface area contributed by atoms with Crippen molar-refractivity contribution in [3.8, 4) is 0 Å². The highest BCUT2D eigenvalue weighted by atomic mass is 16.5. The van der Waals surface area contributed by atoms with Gasteiger partial charge in [0.05, 0.1) is 6.10 Å². The molecule has 0 heterocycles. The predicted molar refractivity (Wildman–Crippen MR) is 33.9 cm³/mol. The van der Waals surface area contributed by atoms with E-state index in [-0.39, 0.29) is 0 Å². The highest BCUT2D eigenvalue weighted by molar-refractivity contribution is 5.33. The third kappa shape index (κ3) is 0.351. The Balaban J connectivity index is 1.91. The lowest BCUT2D eigenvalue weighted by molar-refractivity contribution is 0.0939. The largest absolute Gasteiger partial charge is 0.377 e. The van der Waals surface area contributed by atoms with Crippen molar-refractivity contribution >= 4 is 0 Å². The molecule has 0 saturated heterocycles. The molecule has 2 fully saturated rings. The van der Waals surface area contributed by atoms with Gasteiger partial charge in [-0.1, -0.05) is 12.2 Å². The van der Waals surface area contributed by atoms with Crippen molar-refractivity contribution in [2.45, 2.75) is 6.10 Å². The second-order valence-corrected chi connectivity index (χ2v) is 3.39. The van der Waals surface area contributed by atoms with Gasteiger partial charge in [0.2, 0.25) is 0 Å². The Bertz CT molecular complexity index is 175. The molecule has 0 spiro atoms. The molecule has 4 aliphatic rings. The molecule has 0 aromatic rings. The summed E-state index contributed by atoms with van der Waals surface area (Å²) in [5.74, 6) is 4.03. The number of hydrogen-bond acceptors (Lipinski definition) is 1. The van der Waals surface area contributed by atoms with E-state index < -0.39 is 0 Å². The van der Waals surface area contributed by atoms with Gasteiger partial charge in [-0.05, 0) is 23.7 Å².